The summed E-state index contributed by atoms with van der Waals surface area (Å²) in [5.41, 5.74) is 5.82. The molecule has 0 spiro atoms. The minimum Gasteiger partial charge on any atom is -0.370 e. The number of ether oxygens (including phenoxy) is 1. The van der Waals surface area contributed by atoms with Gasteiger partial charge in [-0.15, -0.1) is 0 Å². The lowest BCUT2D eigenvalue weighted by molar-refractivity contribution is -0.109. The first-order chi connectivity index (χ1) is 9.65. The number of morpholine rings is 1. The molecule has 0 saturated carbocycles. The molecule has 1 aliphatic rings. The summed E-state index contributed by atoms with van der Waals surface area (Å²) in [6.07, 6.45) is -0.161. The average molecular weight is 333 g/mol. The van der Waals surface area contributed by atoms with E-state index in [9.17, 15) is 8.42 Å². The molecule has 0 bridgehead atoms. The van der Waals surface area contributed by atoms with Crippen molar-refractivity contribution in [3.05, 3.63) is 28.8 Å². The standard InChI is InChI=1S/C14H21ClN2O3S/c1-10-8-17(9-14(2,3)20-10)21(18,19)13-5-4-11(7-16)6-12(13)15/h4-6,10H,7-9,16H2,1-3H3. The summed E-state index contributed by atoms with van der Waals surface area (Å²) in [7, 11) is -3.64. The van der Waals surface area contributed by atoms with Crippen LogP contribution in [0.25, 0.3) is 0 Å². The lowest BCUT2D eigenvalue weighted by atomic mass is 10.1. The molecule has 1 heterocycles. The molecule has 5 nitrogen and oxygen atoms in total. The van der Waals surface area contributed by atoms with Crippen molar-refractivity contribution in [2.24, 2.45) is 5.73 Å². The van der Waals surface area contributed by atoms with E-state index in [1.165, 1.54) is 10.4 Å². The van der Waals surface area contributed by atoms with Crippen molar-refractivity contribution in [2.45, 2.75) is 43.9 Å². The van der Waals surface area contributed by atoms with Crippen LogP contribution in [0.4, 0.5) is 0 Å². The number of rotatable bonds is 3. The Hall–Kier alpha value is -0.660. The third-order valence-electron chi connectivity index (χ3n) is 3.39. The number of hydrogen-bond acceptors (Lipinski definition) is 4. The van der Waals surface area contributed by atoms with Crippen LogP contribution in [0.3, 0.4) is 0 Å². The molecule has 21 heavy (non-hydrogen) atoms. The van der Waals surface area contributed by atoms with Gasteiger partial charge in [-0.3, -0.25) is 0 Å². The summed E-state index contributed by atoms with van der Waals surface area (Å²) in [4.78, 5) is 0.117. The van der Waals surface area contributed by atoms with Crippen molar-refractivity contribution >= 4 is 21.6 Å². The molecule has 0 aromatic heterocycles. The van der Waals surface area contributed by atoms with Gasteiger partial charge in [0.2, 0.25) is 10.0 Å². The minimum atomic E-state index is -3.64. The fraction of sp³-hybridized carbons (Fsp3) is 0.571. The van der Waals surface area contributed by atoms with Crippen LogP contribution >= 0.6 is 11.6 Å². The predicted molar refractivity (Wildman–Crippen MR) is 82.7 cm³/mol. The maximum absolute atomic E-state index is 12.8. The van der Waals surface area contributed by atoms with E-state index in [0.717, 1.165) is 5.56 Å². The zero-order valence-corrected chi connectivity index (χ0v) is 14.0. The van der Waals surface area contributed by atoms with Crippen LogP contribution < -0.4 is 5.73 Å². The highest BCUT2D eigenvalue weighted by atomic mass is 35.5. The summed E-state index contributed by atoms with van der Waals surface area (Å²) in [5, 5.41) is 0.204. The van der Waals surface area contributed by atoms with Gasteiger partial charge in [-0.05, 0) is 38.5 Å². The zero-order chi connectivity index (χ0) is 15.8. The molecule has 0 radical (unpaired) electrons. The molecule has 1 aromatic rings. The molecule has 118 valence electrons. The molecule has 0 aliphatic carbocycles. The van der Waals surface area contributed by atoms with Gasteiger partial charge in [-0.25, -0.2) is 8.42 Å². The lowest BCUT2D eigenvalue weighted by Crippen LogP contribution is -2.53. The van der Waals surface area contributed by atoms with Gasteiger partial charge in [-0.1, -0.05) is 17.7 Å². The molecular weight excluding hydrogens is 312 g/mol. The molecule has 1 saturated heterocycles. The molecule has 1 unspecified atom stereocenters. The van der Waals surface area contributed by atoms with Crippen LogP contribution in [0.5, 0.6) is 0 Å². The van der Waals surface area contributed by atoms with E-state index in [4.69, 9.17) is 22.1 Å². The monoisotopic (exact) mass is 332 g/mol. The highest BCUT2D eigenvalue weighted by Gasteiger charge is 2.38. The van der Waals surface area contributed by atoms with Crippen molar-refractivity contribution in [1.29, 1.82) is 0 Å². The van der Waals surface area contributed by atoms with Crippen molar-refractivity contribution in [3.8, 4) is 0 Å². The Balaban J connectivity index is 2.38. The highest BCUT2D eigenvalue weighted by molar-refractivity contribution is 7.89. The minimum absolute atomic E-state index is 0.117. The molecule has 1 atom stereocenters. The normalized spacial score (nSPS) is 23.2. The van der Waals surface area contributed by atoms with Crippen LogP contribution in [0.15, 0.2) is 23.1 Å². The van der Waals surface area contributed by atoms with Crippen molar-refractivity contribution in [1.82, 2.24) is 4.31 Å². The highest BCUT2D eigenvalue weighted by Crippen LogP contribution is 2.30. The molecule has 2 rings (SSSR count). The third kappa shape index (κ3) is 3.57. The second-order valence-corrected chi connectivity index (χ2v) is 8.27. The van der Waals surface area contributed by atoms with Crippen LogP contribution in [0.2, 0.25) is 5.02 Å². The van der Waals surface area contributed by atoms with E-state index in [-0.39, 0.29) is 16.0 Å². The Kier molecular flexibility index (Phi) is 4.66. The van der Waals surface area contributed by atoms with E-state index < -0.39 is 15.6 Å². The quantitative estimate of drug-likeness (QED) is 0.918. The number of benzene rings is 1. The maximum atomic E-state index is 12.8. The van der Waals surface area contributed by atoms with E-state index in [1.807, 2.05) is 20.8 Å². The van der Waals surface area contributed by atoms with Gasteiger partial charge >= 0.3 is 0 Å². The summed E-state index contributed by atoms with van der Waals surface area (Å²) in [6.45, 7) is 6.56. The average Bonchev–Trinajstić information content (AvgIpc) is 2.35. The smallest absolute Gasteiger partial charge is 0.244 e. The van der Waals surface area contributed by atoms with Crippen LogP contribution in [-0.4, -0.2) is 37.5 Å². The van der Waals surface area contributed by atoms with Gasteiger partial charge in [0, 0.05) is 19.6 Å². The second kappa shape index (κ2) is 5.85. The molecule has 1 aromatic carbocycles. The molecule has 2 N–H and O–H groups in total. The number of halogens is 1. The SMILES string of the molecule is CC1CN(S(=O)(=O)c2ccc(CN)cc2Cl)CC(C)(C)O1. The molecule has 7 heteroatoms. The van der Waals surface area contributed by atoms with E-state index in [2.05, 4.69) is 0 Å². The van der Waals surface area contributed by atoms with Crippen LogP contribution in [0.1, 0.15) is 26.3 Å². The Morgan fingerprint density at radius 1 is 1.48 bits per heavy atom. The van der Waals surface area contributed by atoms with Crippen molar-refractivity contribution in [3.63, 3.8) is 0 Å². The fourth-order valence-corrected chi connectivity index (χ4v) is 4.80. The predicted octanol–water partition coefficient (Wildman–Crippen LogP) is 1.99. The Labute approximate surface area is 131 Å². The van der Waals surface area contributed by atoms with Crippen LogP contribution in [-0.2, 0) is 21.3 Å². The summed E-state index contributed by atoms with van der Waals surface area (Å²) in [6, 6.07) is 4.81. The molecule has 1 fully saturated rings. The van der Waals surface area contributed by atoms with E-state index in [1.54, 1.807) is 12.1 Å². The Morgan fingerprint density at radius 3 is 2.67 bits per heavy atom. The lowest BCUT2D eigenvalue weighted by Gasteiger charge is -2.40. The first kappa shape index (κ1) is 16.7. The third-order valence-corrected chi connectivity index (χ3v) is 5.68. The van der Waals surface area contributed by atoms with Gasteiger partial charge < -0.3 is 10.5 Å². The van der Waals surface area contributed by atoms with Crippen molar-refractivity contribution < 1.29 is 13.2 Å². The van der Waals surface area contributed by atoms with E-state index in [0.29, 0.717) is 19.6 Å². The summed E-state index contributed by atoms with van der Waals surface area (Å²) >= 11 is 6.13. The van der Waals surface area contributed by atoms with Crippen LogP contribution in [0, 0.1) is 0 Å². The zero-order valence-electron chi connectivity index (χ0n) is 12.5. The first-order valence-corrected chi connectivity index (χ1v) is 8.64. The second-order valence-electron chi connectivity index (χ2n) is 5.95. The van der Waals surface area contributed by atoms with E-state index >= 15 is 0 Å². The summed E-state index contributed by atoms with van der Waals surface area (Å²) < 4.78 is 32.8. The largest absolute Gasteiger partial charge is 0.370 e. The van der Waals surface area contributed by atoms with Gasteiger partial charge in [-0.2, -0.15) is 4.31 Å². The van der Waals surface area contributed by atoms with Gasteiger partial charge in [0.05, 0.1) is 16.7 Å². The first-order valence-electron chi connectivity index (χ1n) is 6.82. The Bertz CT molecular complexity index is 631. The number of hydrogen-bond donors (Lipinski definition) is 1. The van der Waals surface area contributed by atoms with Crippen molar-refractivity contribution in [2.75, 3.05) is 13.1 Å². The van der Waals surface area contributed by atoms with Gasteiger partial charge in [0.25, 0.3) is 0 Å². The van der Waals surface area contributed by atoms with Gasteiger partial charge in [0.15, 0.2) is 0 Å². The molecule has 0 amide bonds. The topological polar surface area (TPSA) is 72.6 Å². The molecule has 1 aliphatic heterocycles. The fourth-order valence-electron chi connectivity index (χ4n) is 2.60. The molecular formula is C14H21ClN2O3S. The Morgan fingerprint density at radius 2 is 2.14 bits per heavy atom. The van der Waals surface area contributed by atoms with Gasteiger partial charge in [0.1, 0.15) is 4.90 Å². The number of sulfonamides is 1. The summed E-state index contributed by atoms with van der Waals surface area (Å²) in [5.74, 6) is 0. The maximum Gasteiger partial charge on any atom is 0.244 e. The number of nitrogens with zero attached hydrogens (tertiary/aromatic N) is 1. The number of nitrogens with two attached hydrogens (primary N) is 1.